The summed E-state index contributed by atoms with van der Waals surface area (Å²) >= 11 is 5.84. The molecule has 4 rings (SSSR count). The van der Waals surface area contributed by atoms with Crippen LogP contribution < -0.4 is 10.2 Å². The number of methoxy groups -OCH3 is 1. The summed E-state index contributed by atoms with van der Waals surface area (Å²) in [5.41, 5.74) is 5.16. The molecule has 154 valence electrons. The number of nitrogens with zero attached hydrogens (tertiary/aromatic N) is 3. The van der Waals surface area contributed by atoms with Gasteiger partial charge in [0.1, 0.15) is 5.75 Å². The van der Waals surface area contributed by atoms with Crippen LogP contribution in [-0.2, 0) is 0 Å². The van der Waals surface area contributed by atoms with Crippen LogP contribution in [0.3, 0.4) is 0 Å². The third-order valence-electron chi connectivity index (χ3n) is 4.41. The Bertz CT molecular complexity index is 1220. The van der Waals surface area contributed by atoms with Crippen molar-refractivity contribution < 1.29 is 13.9 Å². The van der Waals surface area contributed by atoms with Crippen molar-refractivity contribution in [1.29, 1.82) is 0 Å². The molecule has 3 aromatic carbocycles. The molecule has 7 nitrogen and oxygen atoms in total. The van der Waals surface area contributed by atoms with E-state index in [9.17, 15) is 4.79 Å². The number of ether oxygens (including phenoxy) is 1. The zero-order valence-electron chi connectivity index (χ0n) is 16.4. The summed E-state index contributed by atoms with van der Waals surface area (Å²) in [6, 6.07) is 21.3. The minimum absolute atomic E-state index is 0.336. The predicted octanol–water partition coefficient (Wildman–Crippen LogP) is 4.83. The normalized spacial score (nSPS) is 10.9. The molecule has 0 aliphatic carbocycles. The number of hydrazone groups is 1. The molecule has 0 spiro atoms. The maximum atomic E-state index is 12.3. The Kier molecular flexibility index (Phi) is 6.05. The quantitative estimate of drug-likeness (QED) is 0.348. The third kappa shape index (κ3) is 4.79. The molecule has 0 saturated carbocycles. The molecule has 0 saturated heterocycles. The lowest BCUT2D eigenvalue weighted by Gasteiger charge is -2.03. The molecule has 0 radical (unpaired) electrons. The van der Waals surface area contributed by atoms with Crippen LogP contribution in [0.25, 0.3) is 22.9 Å². The summed E-state index contributed by atoms with van der Waals surface area (Å²) in [5, 5.41) is 12.8. The van der Waals surface area contributed by atoms with Crippen molar-refractivity contribution in [2.24, 2.45) is 5.10 Å². The lowest BCUT2D eigenvalue weighted by Crippen LogP contribution is -2.17. The second-order valence-corrected chi connectivity index (χ2v) is 6.88. The zero-order chi connectivity index (χ0) is 21.6. The van der Waals surface area contributed by atoms with Gasteiger partial charge in [-0.05, 0) is 54.1 Å². The molecule has 0 aliphatic rings. The van der Waals surface area contributed by atoms with E-state index in [0.717, 1.165) is 5.56 Å². The lowest BCUT2D eigenvalue weighted by atomic mass is 10.1. The van der Waals surface area contributed by atoms with Crippen LogP contribution in [0.2, 0.25) is 5.02 Å². The van der Waals surface area contributed by atoms with Crippen molar-refractivity contribution >= 4 is 23.7 Å². The van der Waals surface area contributed by atoms with Crippen LogP contribution in [0.1, 0.15) is 15.9 Å². The van der Waals surface area contributed by atoms with Gasteiger partial charge in [0.15, 0.2) is 0 Å². The second kappa shape index (κ2) is 9.23. The summed E-state index contributed by atoms with van der Waals surface area (Å²) in [5.74, 6) is 1.00. The monoisotopic (exact) mass is 432 g/mol. The van der Waals surface area contributed by atoms with Crippen molar-refractivity contribution in [3.63, 3.8) is 0 Å². The first kappa shape index (κ1) is 20.3. The minimum atomic E-state index is -0.336. The number of halogens is 1. The minimum Gasteiger partial charge on any atom is -0.496 e. The van der Waals surface area contributed by atoms with Crippen LogP contribution >= 0.6 is 11.6 Å². The molecular formula is C23H17ClN4O3. The van der Waals surface area contributed by atoms with Crippen LogP contribution in [-0.4, -0.2) is 29.4 Å². The molecule has 1 amide bonds. The Morgan fingerprint density at radius 1 is 1.00 bits per heavy atom. The largest absolute Gasteiger partial charge is 0.496 e. The number of hydrogen-bond donors (Lipinski definition) is 1. The molecule has 31 heavy (non-hydrogen) atoms. The van der Waals surface area contributed by atoms with E-state index in [1.165, 1.54) is 0 Å². The first-order valence-electron chi connectivity index (χ1n) is 9.30. The maximum absolute atomic E-state index is 12.3. The van der Waals surface area contributed by atoms with Gasteiger partial charge in [0.05, 0.1) is 18.9 Å². The highest BCUT2D eigenvalue weighted by Gasteiger charge is 2.14. The highest BCUT2D eigenvalue weighted by molar-refractivity contribution is 6.30. The summed E-state index contributed by atoms with van der Waals surface area (Å²) in [6.45, 7) is 0. The van der Waals surface area contributed by atoms with Gasteiger partial charge in [-0.1, -0.05) is 35.9 Å². The molecule has 8 heteroatoms. The summed E-state index contributed by atoms with van der Waals surface area (Å²) < 4.78 is 11.1. The number of nitrogens with one attached hydrogen (secondary N) is 1. The van der Waals surface area contributed by atoms with Gasteiger partial charge >= 0.3 is 0 Å². The number of para-hydroxylation sites is 1. The predicted molar refractivity (Wildman–Crippen MR) is 118 cm³/mol. The fraction of sp³-hybridized carbons (Fsp3) is 0.0435. The highest BCUT2D eigenvalue weighted by Crippen LogP contribution is 2.30. The average molecular weight is 433 g/mol. The van der Waals surface area contributed by atoms with Gasteiger partial charge in [0, 0.05) is 16.1 Å². The summed E-state index contributed by atoms with van der Waals surface area (Å²) in [6.07, 6.45) is 1.54. The summed E-state index contributed by atoms with van der Waals surface area (Å²) in [4.78, 5) is 12.3. The zero-order valence-corrected chi connectivity index (χ0v) is 17.2. The Hall–Kier alpha value is -3.97. The van der Waals surface area contributed by atoms with E-state index in [4.69, 9.17) is 20.8 Å². The number of amides is 1. The molecule has 0 atom stereocenters. The van der Waals surface area contributed by atoms with Crippen molar-refractivity contribution in [2.75, 3.05) is 7.11 Å². The van der Waals surface area contributed by atoms with E-state index in [0.29, 0.717) is 39.2 Å². The van der Waals surface area contributed by atoms with Gasteiger partial charge < -0.3 is 9.15 Å². The fourth-order valence-electron chi connectivity index (χ4n) is 2.81. The Morgan fingerprint density at radius 3 is 2.45 bits per heavy atom. The summed E-state index contributed by atoms with van der Waals surface area (Å²) in [7, 11) is 1.58. The molecule has 1 heterocycles. The van der Waals surface area contributed by atoms with Crippen LogP contribution in [0.5, 0.6) is 5.75 Å². The smallest absolute Gasteiger partial charge is 0.271 e. The highest BCUT2D eigenvalue weighted by atomic mass is 35.5. The third-order valence-corrected chi connectivity index (χ3v) is 4.66. The van der Waals surface area contributed by atoms with Crippen molar-refractivity contribution in [3.8, 4) is 28.7 Å². The number of rotatable bonds is 6. The van der Waals surface area contributed by atoms with E-state index < -0.39 is 0 Å². The molecule has 0 unspecified atom stereocenters. The molecular weight excluding hydrogens is 416 g/mol. The molecule has 1 N–H and O–H groups in total. The molecule has 0 fully saturated rings. The molecule has 0 aliphatic heterocycles. The number of carbonyl (C=O) groups is 1. The second-order valence-electron chi connectivity index (χ2n) is 6.44. The lowest BCUT2D eigenvalue weighted by molar-refractivity contribution is 0.0955. The van der Waals surface area contributed by atoms with Crippen LogP contribution in [0.15, 0.2) is 82.3 Å². The topological polar surface area (TPSA) is 89.6 Å². The number of hydrogen-bond acceptors (Lipinski definition) is 6. The molecule has 0 bridgehead atoms. The van der Waals surface area contributed by atoms with Gasteiger partial charge in [0.25, 0.3) is 11.8 Å². The first-order valence-corrected chi connectivity index (χ1v) is 9.68. The Labute approximate surface area is 183 Å². The first-order chi connectivity index (χ1) is 15.1. The van der Waals surface area contributed by atoms with Gasteiger partial charge in [-0.3, -0.25) is 4.79 Å². The van der Waals surface area contributed by atoms with Crippen LogP contribution in [0.4, 0.5) is 0 Å². The standard InChI is InChI=1S/C23H17ClN4O3/c1-30-20-5-3-2-4-19(20)23-28-27-22(31-23)17-10-8-16(9-11-17)21(29)26-25-14-15-6-12-18(24)13-7-15/h2-14H,1H3,(H,26,29)/b25-14+. The number of aromatic nitrogens is 2. The Morgan fingerprint density at radius 2 is 1.71 bits per heavy atom. The van der Waals surface area contributed by atoms with E-state index >= 15 is 0 Å². The van der Waals surface area contributed by atoms with E-state index in [2.05, 4.69) is 20.7 Å². The van der Waals surface area contributed by atoms with Gasteiger partial charge in [-0.15, -0.1) is 10.2 Å². The molecule has 1 aromatic heterocycles. The molecule has 4 aromatic rings. The van der Waals surface area contributed by atoms with Crippen molar-refractivity contribution in [3.05, 3.63) is 88.9 Å². The van der Waals surface area contributed by atoms with E-state index in [-0.39, 0.29) is 5.91 Å². The van der Waals surface area contributed by atoms with Crippen molar-refractivity contribution in [1.82, 2.24) is 15.6 Å². The Balaban J connectivity index is 1.44. The van der Waals surface area contributed by atoms with Crippen LogP contribution in [0, 0.1) is 0 Å². The fourth-order valence-corrected chi connectivity index (χ4v) is 2.94. The van der Waals surface area contributed by atoms with E-state index in [1.54, 1.807) is 61.9 Å². The van der Waals surface area contributed by atoms with Crippen molar-refractivity contribution in [2.45, 2.75) is 0 Å². The average Bonchev–Trinajstić information content (AvgIpc) is 3.30. The van der Waals surface area contributed by atoms with Gasteiger partial charge in [-0.2, -0.15) is 5.10 Å². The number of benzene rings is 3. The maximum Gasteiger partial charge on any atom is 0.271 e. The van der Waals surface area contributed by atoms with E-state index in [1.807, 2.05) is 24.3 Å². The van der Waals surface area contributed by atoms with Gasteiger partial charge in [0.2, 0.25) is 5.89 Å². The van der Waals surface area contributed by atoms with Gasteiger partial charge in [-0.25, -0.2) is 5.43 Å². The SMILES string of the molecule is COc1ccccc1-c1nnc(-c2ccc(C(=O)N/N=C/c3ccc(Cl)cc3)cc2)o1. The number of carbonyl (C=O) groups excluding carboxylic acids is 1.